The molecule has 1 aromatic heterocycles. The Morgan fingerprint density at radius 1 is 1.41 bits per heavy atom. The van der Waals surface area contributed by atoms with Crippen LogP contribution in [0, 0.1) is 11.3 Å². The van der Waals surface area contributed by atoms with Crippen LogP contribution in [0.2, 0.25) is 0 Å². The third kappa shape index (κ3) is 2.41. The Bertz CT molecular complexity index is 588. The van der Waals surface area contributed by atoms with Crippen LogP contribution in [-0.4, -0.2) is 51.0 Å². The lowest BCUT2D eigenvalue weighted by molar-refractivity contribution is -0.127. The lowest BCUT2D eigenvalue weighted by atomic mass is 9.78. The zero-order chi connectivity index (χ0) is 15.2. The summed E-state index contributed by atoms with van der Waals surface area (Å²) >= 11 is 0. The normalized spacial score (nSPS) is 22.0. The molecule has 0 atom stereocenters. The second-order valence-corrected chi connectivity index (χ2v) is 6.62. The fraction of sp³-hybridized carbons (Fsp3) is 0.625. The monoisotopic (exact) mass is 304 g/mol. The molecule has 1 saturated carbocycles. The molecule has 0 amide bonds. The first-order chi connectivity index (χ1) is 10.7. The third-order valence-electron chi connectivity index (χ3n) is 4.60. The van der Waals surface area contributed by atoms with Gasteiger partial charge in [-0.3, -0.25) is 0 Å². The fourth-order valence-electron chi connectivity index (χ4n) is 2.99. The van der Waals surface area contributed by atoms with Gasteiger partial charge in [-0.2, -0.15) is 0 Å². The molecule has 22 heavy (non-hydrogen) atoms. The number of ether oxygens (including phenoxy) is 3. The Morgan fingerprint density at radius 2 is 2.18 bits per heavy atom. The molecule has 2 aliphatic heterocycles. The maximum atomic E-state index is 11.7. The molecule has 1 spiro atoms. The molecular weight excluding hydrogens is 284 g/mol. The van der Waals surface area contributed by atoms with Crippen LogP contribution in [0.1, 0.15) is 23.3 Å². The van der Waals surface area contributed by atoms with E-state index in [9.17, 15) is 4.79 Å². The molecule has 4 rings (SSSR count). The smallest absolute Gasteiger partial charge is 0.356 e. The predicted molar refractivity (Wildman–Crippen MR) is 79.3 cm³/mol. The van der Waals surface area contributed by atoms with Crippen LogP contribution in [0.5, 0.6) is 5.88 Å². The van der Waals surface area contributed by atoms with Gasteiger partial charge in [-0.25, -0.2) is 9.78 Å². The lowest BCUT2D eigenvalue weighted by Crippen LogP contribution is -2.66. The van der Waals surface area contributed by atoms with Crippen molar-refractivity contribution < 1.29 is 19.0 Å². The van der Waals surface area contributed by atoms with Gasteiger partial charge in [0, 0.05) is 13.1 Å². The van der Waals surface area contributed by atoms with Gasteiger partial charge in [0.1, 0.15) is 0 Å². The van der Waals surface area contributed by atoms with Crippen LogP contribution < -0.4 is 9.64 Å². The Labute approximate surface area is 129 Å². The van der Waals surface area contributed by atoms with E-state index in [1.165, 1.54) is 20.0 Å². The van der Waals surface area contributed by atoms with Crippen LogP contribution in [0.3, 0.4) is 0 Å². The summed E-state index contributed by atoms with van der Waals surface area (Å²) in [5, 5.41) is 0. The summed E-state index contributed by atoms with van der Waals surface area (Å²) in [6, 6.07) is 3.61. The average molecular weight is 304 g/mol. The molecule has 2 saturated heterocycles. The number of anilines is 1. The number of carbonyl (C=O) groups excluding carboxylic acids is 1. The molecule has 0 aromatic carbocycles. The second-order valence-electron chi connectivity index (χ2n) is 6.62. The number of rotatable bonds is 5. The zero-order valence-electron chi connectivity index (χ0n) is 12.7. The summed E-state index contributed by atoms with van der Waals surface area (Å²) in [4.78, 5) is 18.3. The minimum atomic E-state index is -0.435. The average Bonchev–Trinajstić information content (AvgIpc) is 3.26. The zero-order valence-corrected chi connectivity index (χ0v) is 12.7. The molecule has 6 nitrogen and oxygen atoms in total. The van der Waals surface area contributed by atoms with Crippen LogP contribution in [0.15, 0.2) is 12.1 Å². The summed E-state index contributed by atoms with van der Waals surface area (Å²) < 4.78 is 15.9. The topological polar surface area (TPSA) is 60.9 Å². The van der Waals surface area contributed by atoms with Gasteiger partial charge < -0.3 is 19.1 Å². The number of nitrogens with zero attached hydrogens (tertiary/aromatic N) is 2. The van der Waals surface area contributed by atoms with Gasteiger partial charge in [-0.1, -0.05) is 0 Å². The van der Waals surface area contributed by atoms with Crippen LogP contribution in [0.4, 0.5) is 5.69 Å². The highest BCUT2D eigenvalue weighted by Crippen LogP contribution is 2.43. The van der Waals surface area contributed by atoms with Crippen molar-refractivity contribution in [3.8, 4) is 5.88 Å². The molecule has 0 radical (unpaired) electrons. The first kappa shape index (κ1) is 13.8. The van der Waals surface area contributed by atoms with E-state index in [4.69, 9.17) is 14.2 Å². The molecule has 1 aromatic rings. The third-order valence-corrected chi connectivity index (χ3v) is 4.60. The molecule has 0 N–H and O–H groups in total. The molecular formula is C16H20N2O4. The number of pyridine rings is 1. The minimum absolute atomic E-state index is 0.291. The van der Waals surface area contributed by atoms with Crippen molar-refractivity contribution in [2.75, 3.05) is 44.9 Å². The van der Waals surface area contributed by atoms with Gasteiger partial charge in [0.25, 0.3) is 0 Å². The first-order valence-corrected chi connectivity index (χ1v) is 7.74. The van der Waals surface area contributed by atoms with Crippen molar-refractivity contribution in [1.82, 2.24) is 4.98 Å². The van der Waals surface area contributed by atoms with Crippen molar-refractivity contribution in [3.05, 3.63) is 17.8 Å². The van der Waals surface area contributed by atoms with E-state index in [0.717, 1.165) is 32.0 Å². The number of carbonyl (C=O) groups is 1. The van der Waals surface area contributed by atoms with E-state index in [-0.39, 0.29) is 0 Å². The Morgan fingerprint density at radius 3 is 2.77 bits per heavy atom. The van der Waals surface area contributed by atoms with Gasteiger partial charge in [-0.05, 0) is 30.9 Å². The quantitative estimate of drug-likeness (QED) is 0.768. The second kappa shape index (κ2) is 5.12. The van der Waals surface area contributed by atoms with Crippen molar-refractivity contribution in [3.63, 3.8) is 0 Å². The Hall–Kier alpha value is -1.82. The summed E-state index contributed by atoms with van der Waals surface area (Å²) in [6.45, 7) is 4.29. The van der Waals surface area contributed by atoms with E-state index in [1.54, 1.807) is 6.07 Å². The molecule has 1 aliphatic carbocycles. The maximum absolute atomic E-state index is 11.7. The van der Waals surface area contributed by atoms with Gasteiger partial charge in [-0.15, -0.1) is 0 Å². The first-order valence-electron chi connectivity index (χ1n) is 7.74. The molecule has 3 aliphatic rings. The molecule has 0 unspecified atom stereocenters. The summed E-state index contributed by atoms with van der Waals surface area (Å²) in [5.74, 6) is 0.749. The molecule has 3 heterocycles. The van der Waals surface area contributed by atoms with E-state index in [2.05, 4.69) is 9.88 Å². The highest BCUT2D eigenvalue weighted by Gasteiger charge is 2.49. The fourth-order valence-corrected chi connectivity index (χ4v) is 2.99. The van der Waals surface area contributed by atoms with E-state index in [0.29, 0.717) is 29.5 Å². The van der Waals surface area contributed by atoms with Crippen LogP contribution >= 0.6 is 0 Å². The lowest BCUT2D eigenvalue weighted by Gasteiger charge is -2.55. The maximum Gasteiger partial charge on any atom is 0.356 e. The highest BCUT2D eigenvalue weighted by molar-refractivity contribution is 5.88. The molecule has 0 bridgehead atoms. The minimum Gasteiger partial charge on any atom is -0.476 e. The highest BCUT2D eigenvalue weighted by atomic mass is 16.5. The van der Waals surface area contributed by atoms with Crippen molar-refractivity contribution >= 4 is 11.7 Å². The van der Waals surface area contributed by atoms with Crippen molar-refractivity contribution in [2.45, 2.75) is 12.8 Å². The number of esters is 1. The van der Waals surface area contributed by atoms with Gasteiger partial charge in [0.15, 0.2) is 5.69 Å². The van der Waals surface area contributed by atoms with Crippen LogP contribution in [-0.2, 0) is 9.47 Å². The standard InChI is InChI=1S/C16H20N2O4/c1-20-15(19)12-4-5-13(14(17-12)22-6-11-2-3-11)18-7-16(8-18)9-21-10-16/h4-5,11H,2-3,6-10H2,1H3. The number of aromatic nitrogens is 1. The summed E-state index contributed by atoms with van der Waals surface area (Å²) in [5.41, 5.74) is 1.58. The predicted octanol–water partition coefficient (Wildman–Crippen LogP) is 1.49. The summed E-state index contributed by atoms with van der Waals surface area (Å²) in [7, 11) is 1.36. The van der Waals surface area contributed by atoms with Gasteiger partial charge in [0.2, 0.25) is 5.88 Å². The van der Waals surface area contributed by atoms with E-state index < -0.39 is 5.97 Å². The molecule has 6 heteroatoms. The van der Waals surface area contributed by atoms with Gasteiger partial charge in [0.05, 0.1) is 38.0 Å². The summed E-state index contributed by atoms with van der Waals surface area (Å²) in [6.07, 6.45) is 2.44. The van der Waals surface area contributed by atoms with Gasteiger partial charge >= 0.3 is 5.97 Å². The number of hydrogen-bond donors (Lipinski definition) is 0. The SMILES string of the molecule is COC(=O)c1ccc(N2CC3(COC3)C2)c(OCC2CC2)n1. The number of hydrogen-bond acceptors (Lipinski definition) is 6. The van der Waals surface area contributed by atoms with Crippen molar-refractivity contribution in [1.29, 1.82) is 0 Å². The largest absolute Gasteiger partial charge is 0.476 e. The molecule has 3 fully saturated rings. The Balaban J connectivity index is 1.53. The number of methoxy groups -OCH3 is 1. The van der Waals surface area contributed by atoms with Crippen molar-refractivity contribution in [2.24, 2.45) is 11.3 Å². The molecule has 118 valence electrons. The van der Waals surface area contributed by atoms with E-state index >= 15 is 0 Å². The Kier molecular flexibility index (Phi) is 3.22. The van der Waals surface area contributed by atoms with E-state index in [1.807, 2.05) is 6.07 Å². The van der Waals surface area contributed by atoms with Crippen LogP contribution in [0.25, 0.3) is 0 Å².